The molecule has 0 aromatic heterocycles. The second-order valence-electron chi connectivity index (χ2n) is 4.93. The number of anilines is 1. The number of hydrogen-bond acceptors (Lipinski definition) is 2. The van der Waals surface area contributed by atoms with Gasteiger partial charge < -0.3 is 10.0 Å². The van der Waals surface area contributed by atoms with Crippen LogP contribution in [-0.2, 0) is 6.42 Å². The molecule has 1 aromatic carbocycles. The highest BCUT2D eigenvalue weighted by Gasteiger charge is 2.20. The summed E-state index contributed by atoms with van der Waals surface area (Å²) in [5.41, 5.74) is 2.23. The molecule has 0 spiro atoms. The molecule has 0 amide bonds. The van der Waals surface area contributed by atoms with Crippen molar-refractivity contribution in [2.45, 2.75) is 32.3 Å². The molecular weight excluding hydrogens is 186 g/mol. The summed E-state index contributed by atoms with van der Waals surface area (Å²) in [7, 11) is 0. The lowest BCUT2D eigenvalue weighted by molar-refractivity contribution is 0.0732. The van der Waals surface area contributed by atoms with Crippen molar-refractivity contribution in [1.29, 1.82) is 0 Å². The van der Waals surface area contributed by atoms with E-state index in [2.05, 4.69) is 29.2 Å². The van der Waals surface area contributed by atoms with Crippen LogP contribution in [-0.4, -0.2) is 23.8 Å². The fraction of sp³-hybridized carbons (Fsp3) is 0.538. The molecule has 0 atom stereocenters. The largest absolute Gasteiger partial charge is 0.390 e. The lowest BCUT2D eigenvalue weighted by atomic mass is 10.1. The molecule has 0 saturated carbocycles. The molecule has 0 saturated heterocycles. The number of aliphatic hydroxyl groups is 1. The molecule has 2 heteroatoms. The van der Waals surface area contributed by atoms with Gasteiger partial charge in [0.2, 0.25) is 0 Å². The lowest BCUT2D eigenvalue weighted by Gasteiger charge is -2.24. The van der Waals surface area contributed by atoms with E-state index in [1.54, 1.807) is 0 Å². The number of fused-ring (bicyclic) bond motifs is 1. The zero-order valence-electron chi connectivity index (χ0n) is 9.53. The zero-order chi connectivity index (χ0) is 10.9. The third-order valence-corrected chi connectivity index (χ3v) is 2.98. The van der Waals surface area contributed by atoms with Crippen LogP contribution in [0.15, 0.2) is 24.3 Å². The average molecular weight is 205 g/mol. The number of benzene rings is 1. The molecule has 1 aromatic rings. The van der Waals surface area contributed by atoms with Crippen molar-refractivity contribution < 1.29 is 5.11 Å². The van der Waals surface area contributed by atoms with E-state index >= 15 is 0 Å². The highest BCUT2D eigenvalue weighted by molar-refractivity contribution is 5.57. The minimum Gasteiger partial charge on any atom is -0.390 e. The molecule has 1 aliphatic heterocycles. The van der Waals surface area contributed by atoms with E-state index in [4.69, 9.17) is 0 Å². The molecule has 1 heterocycles. The maximum atomic E-state index is 9.70. The van der Waals surface area contributed by atoms with E-state index in [1.165, 1.54) is 11.3 Å². The minimum absolute atomic E-state index is 0.558. The Bertz CT molecular complexity index is 341. The van der Waals surface area contributed by atoms with Gasteiger partial charge in [-0.25, -0.2) is 0 Å². The fourth-order valence-corrected chi connectivity index (χ4v) is 2.05. The van der Waals surface area contributed by atoms with Gasteiger partial charge in [0.15, 0.2) is 0 Å². The molecule has 1 N–H and O–H groups in total. The number of para-hydroxylation sites is 1. The molecule has 2 rings (SSSR count). The highest BCUT2D eigenvalue weighted by atomic mass is 16.3. The summed E-state index contributed by atoms with van der Waals surface area (Å²) < 4.78 is 0. The Kier molecular flexibility index (Phi) is 2.70. The van der Waals surface area contributed by atoms with Gasteiger partial charge in [0.05, 0.1) is 5.60 Å². The molecule has 1 aliphatic rings. The van der Waals surface area contributed by atoms with Gasteiger partial charge in [-0.05, 0) is 38.3 Å². The highest BCUT2D eigenvalue weighted by Crippen LogP contribution is 2.28. The summed E-state index contributed by atoms with van der Waals surface area (Å²) in [4.78, 5) is 2.37. The van der Waals surface area contributed by atoms with E-state index in [9.17, 15) is 5.11 Å². The SMILES string of the molecule is CC(C)(O)CCN1CCc2ccccc21. The Morgan fingerprint density at radius 3 is 2.80 bits per heavy atom. The van der Waals surface area contributed by atoms with Crippen LogP contribution in [0.25, 0.3) is 0 Å². The smallest absolute Gasteiger partial charge is 0.0608 e. The Labute approximate surface area is 91.5 Å². The summed E-state index contributed by atoms with van der Waals surface area (Å²) in [6.07, 6.45) is 1.96. The second-order valence-corrected chi connectivity index (χ2v) is 4.93. The summed E-state index contributed by atoms with van der Waals surface area (Å²) in [6, 6.07) is 8.55. The molecule has 15 heavy (non-hydrogen) atoms. The van der Waals surface area contributed by atoms with Crippen molar-refractivity contribution >= 4 is 5.69 Å². The summed E-state index contributed by atoms with van der Waals surface area (Å²) in [5.74, 6) is 0. The lowest BCUT2D eigenvalue weighted by Crippen LogP contribution is -2.29. The zero-order valence-corrected chi connectivity index (χ0v) is 9.53. The van der Waals surface area contributed by atoms with Crippen LogP contribution in [0.4, 0.5) is 5.69 Å². The number of hydrogen-bond donors (Lipinski definition) is 1. The summed E-state index contributed by atoms with van der Waals surface area (Å²) in [6.45, 7) is 5.78. The molecule has 0 bridgehead atoms. The maximum absolute atomic E-state index is 9.70. The second kappa shape index (κ2) is 3.86. The monoisotopic (exact) mass is 205 g/mol. The van der Waals surface area contributed by atoms with Crippen LogP contribution in [0, 0.1) is 0 Å². The van der Waals surface area contributed by atoms with Crippen LogP contribution >= 0.6 is 0 Å². The Morgan fingerprint density at radius 2 is 2.07 bits per heavy atom. The predicted molar refractivity (Wildman–Crippen MR) is 63.3 cm³/mol. The van der Waals surface area contributed by atoms with Crippen LogP contribution in [0.2, 0.25) is 0 Å². The van der Waals surface area contributed by atoms with Gasteiger partial charge >= 0.3 is 0 Å². The standard InChI is InChI=1S/C13H19NO/c1-13(2,15)8-10-14-9-7-11-5-3-4-6-12(11)14/h3-6,15H,7-10H2,1-2H3. The van der Waals surface area contributed by atoms with Gasteiger partial charge in [0.1, 0.15) is 0 Å². The first-order valence-electron chi connectivity index (χ1n) is 5.61. The predicted octanol–water partition coefficient (Wildman–Crippen LogP) is 2.21. The fourth-order valence-electron chi connectivity index (χ4n) is 2.05. The number of rotatable bonds is 3. The van der Waals surface area contributed by atoms with E-state index in [0.29, 0.717) is 0 Å². The molecule has 0 unspecified atom stereocenters. The van der Waals surface area contributed by atoms with Gasteiger partial charge in [-0.3, -0.25) is 0 Å². The molecule has 0 radical (unpaired) electrons. The van der Waals surface area contributed by atoms with E-state index in [0.717, 1.165) is 25.9 Å². The van der Waals surface area contributed by atoms with Crippen molar-refractivity contribution in [2.75, 3.05) is 18.0 Å². The summed E-state index contributed by atoms with van der Waals surface area (Å²) in [5, 5.41) is 9.70. The van der Waals surface area contributed by atoms with Crippen molar-refractivity contribution in [3.05, 3.63) is 29.8 Å². The van der Waals surface area contributed by atoms with Gasteiger partial charge in [-0.15, -0.1) is 0 Å². The van der Waals surface area contributed by atoms with Crippen molar-refractivity contribution in [1.82, 2.24) is 0 Å². The average Bonchev–Trinajstić information content (AvgIpc) is 2.57. The van der Waals surface area contributed by atoms with Gasteiger partial charge in [-0.1, -0.05) is 18.2 Å². The first-order chi connectivity index (χ1) is 7.06. The van der Waals surface area contributed by atoms with Crippen LogP contribution in [0.1, 0.15) is 25.8 Å². The van der Waals surface area contributed by atoms with Crippen molar-refractivity contribution in [3.8, 4) is 0 Å². The van der Waals surface area contributed by atoms with Crippen molar-refractivity contribution in [2.24, 2.45) is 0 Å². The maximum Gasteiger partial charge on any atom is 0.0608 e. The quantitative estimate of drug-likeness (QED) is 0.817. The first kappa shape index (κ1) is 10.5. The molecule has 2 nitrogen and oxygen atoms in total. The first-order valence-corrected chi connectivity index (χ1v) is 5.61. The third kappa shape index (κ3) is 2.51. The van der Waals surface area contributed by atoms with Crippen LogP contribution < -0.4 is 4.90 Å². The van der Waals surface area contributed by atoms with Crippen molar-refractivity contribution in [3.63, 3.8) is 0 Å². The number of nitrogens with zero attached hydrogens (tertiary/aromatic N) is 1. The van der Waals surface area contributed by atoms with E-state index in [1.807, 2.05) is 13.8 Å². The Hall–Kier alpha value is -1.02. The molecular formula is C13H19NO. The Balaban J connectivity index is 2.02. The molecule has 0 fully saturated rings. The van der Waals surface area contributed by atoms with Gasteiger partial charge in [-0.2, -0.15) is 0 Å². The van der Waals surface area contributed by atoms with Gasteiger partial charge in [0, 0.05) is 18.8 Å². The summed E-state index contributed by atoms with van der Waals surface area (Å²) >= 11 is 0. The molecule has 82 valence electrons. The van der Waals surface area contributed by atoms with Crippen LogP contribution in [0.3, 0.4) is 0 Å². The van der Waals surface area contributed by atoms with Crippen LogP contribution in [0.5, 0.6) is 0 Å². The molecule has 0 aliphatic carbocycles. The van der Waals surface area contributed by atoms with E-state index < -0.39 is 5.60 Å². The van der Waals surface area contributed by atoms with Gasteiger partial charge in [0.25, 0.3) is 0 Å². The topological polar surface area (TPSA) is 23.5 Å². The minimum atomic E-state index is -0.558. The normalized spacial score (nSPS) is 15.5. The Morgan fingerprint density at radius 1 is 1.33 bits per heavy atom. The third-order valence-electron chi connectivity index (χ3n) is 2.98. The van der Waals surface area contributed by atoms with E-state index in [-0.39, 0.29) is 0 Å².